The molecule has 1 aliphatic heterocycles. The molecule has 184 valence electrons. The molecule has 10 heteroatoms. The Labute approximate surface area is 204 Å². The first-order valence-electron chi connectivity index (χ1n) is 11.2. The predicted molar refractivity (Wildman–Crippen MR) is 131 cm³/mol. The molecule has 35 heavy (non-hydrogen) atoms. The quantitative estimate of drug-likeness (QED) is 0.400. The standard InChI is InChI=1S/C25H27FN4O4S/c1-18-14-21(17-27-28-25(31)15-20-6-8-22(26)9-7-20)19(2)30(18)23-4-3-5-24(16-23)35(32,33)29-10-12-34-13-11-29/h3-9,14,16-17H,10-13,15H2,1-2H3,(H,28,31)/b27-17+. The molecule has 2 aromatic carbocycles. The van der Waals surface area contributed by atoms with Gasteiger partial charge in [0.15, 0.2) is 0 Å². The highest BCUT2D eigenvalue weighted by molar-refractivity contribution is 7.89. The smallest absolute Gasteiger partial charge is 0.244 e. The van der Waals surface area contributed by atoms with Crippen LogP contribution in [0, 0.1) is 19.7 Å². The summed E-state index contributed by atoms with van der Waals surface area (Å²) in [7, 11) is -3.62. The molecular weight excluding hydrogens is 471 g/mol. The van der Waals surface area contributed by atoms with Gasteiger partial charge in [0, 0.05) is 35.7 Å². The molecule has 0 unspecified atom stereocenters. The number of aryl methyl sites for hydroxylation is 1. The lowest BCUT2D eigenvalue weighted by atomic mass is 10.1. The van der Waals surface area contributed by atoms with E-state index in [1.54, 1.807) is 36.5 Å². The number of amides is 1. The summed E-state index contributed by atoms with van der Waals surface area (Å²) >= 11 is 0. The molecule has 0 atom stereocenters. The summed E-state index contributed by atoms with van der Waals surface area (Å²) in [5, 5.41) is 4.06. The first-order valence-corrected chi connectivity index (χ1v) is 12.6. The Kier molecular flexibility index (Phi) is 7.44. The molecule has 2 heterocycles. The van der Waals surface area contributed by atoms with Crippen molar-refractivity contribution in [3.8, 4) is 5.69 Å². The van der Waals surface area contributed by atoms with Crippen LogP contribution in [0.15, 0.2) is 64.6 Å². The maximum atomic E-state index is 13.1. The van der Waals surface area contributed by atoms with Crippen molar-refractivity contribution >= 4 is 22.1 Å². The van der Waals surface area contributed by atoms with Crippen molar-refractivity contribution in [3.63, 3.8) is 0 Å². The average Bonchev–Trinajstić information content (AvgIpc) is 3.14. The third kappa shape index (κ3) is 5.67. The number of nitrogens with one attached hydrogen (secondary N) is 1. The lowest BCUT2D eigenvalue weighted by molar-refractivity contribution is -0.120. The van der Waals surface area contributed by atoms with E-state index in [2.05, 4.69) is 10.5 Å². The third-order valence-electron chi connectivity index (χ3n) is 5.82. The zero-order valence-corrected chi connectivity index (χ0v) is 20.4. The highest BCUT2D eigenvalue weighted by atomic mass is 32.2. The Balaban J connectivity index is 1.50. The van der Waals surface area contributed by atoms with E-state index in [0.29, 0.717) is 37.6 Å². The fourth-order valence-corrected chi connectivity index (χ4v) is 5.48. The first kappa shape index (κ1) is 24.8. The molecule has 3 aromatic rings. The monoisotopic (exact) mass is 498 g/mol. The molecule has 1 fully saturated rings. The number of rotatable bonds is 7. The number of hydrogen-bond acceptors (Lipinski definition) is 5. The summed E-state index contributed by atoms with van der Waals surface area (Å²) < 4.78 is 47.8. The van der Waals surface area contributed by atoms with E-state index >= 15 is 0 Å². The highest BCUT2D eigenvalue weighted by Gasteiger charge is 2.26. The minimum atomic E-state index is -3.62. The van der Waals surface area contributed by atoms with Crippen molar-refractivity contribution in [2.24, 2.45) is 5.10 Å². The number of carbonyl (C=O) groups excluding carboxylic acids is 1. The number of benzene rings is 2. The van der Waals surface area contributed by atoms with Gasteiger partial charge in [-0.2, -0.15) is 9.41 Å². The van der Waals surface area contributed by atoms with Crippen LogP contribution in [0.25, 0.3) is 5.69 Å². The van der Waals surface area contributed by atoms with E-state index in [1.807, 2.05) is 30.5 Å². The van der Waals surface area contributed by atoms with Gasteiger partial charge in [-0.1, -0.05) is 18.2 Å². The number of ether oxygens (including phenoxy) is 1. The van der Waals surface area contributed by atoms with Crippen LogP contribution in [0.4, 0.5) is 4.39 Å². The van der Waals surface area contributed by atoms with Crippen molar-refractivity contribution in [1.82, 2.24) is 14.3 Å². The van der Waals surface area contributed by atoms with Gasteiger partial charge in [-0.3, -0.25) is 4.79 Å². The van der Waals surface area contributed by atoms with E-state index in [0.717, 1.165) is 17.0 Å². The Morgan fingerprint density at radius 2 is 1.83 bits per heavy atom. The number of halogens is 1. The second kappa shape index (κ2) is 10.5. The van der Waals surface area contributed by atoms with Crippen LogP contribution in [0.2, 0.25) is 0 Å². The summed E-state index contributed by atoms with van der Waals surface area (Å²) in [6.07, 6.45) is 1.64. The van der Waals surface area contributed by atoms with E-state index in [1.165, 1.54) is 16.4 Å². The van der Waals surface area contributed by atoms with Crippen LogP contribution >= 0.6 is 0 Å². The largest absolute Gasteiger partial charge is 0.379 e. The lowest BCUT2D eigenvalue weighted by Gasteiger charge is -2.26. The summed E-state index contributed by atoms with van der Waals surface area (Å²) in [6.45, 7) is 5.26. The van der Waals surface area contributed by atoms with E-state index in [4.69, 9.17) is 4.74 Å². The topological polar surface area (TPSA) is 93.0 Å². The highest BCUT2D eigenvalue weighted by Crippen LogP contribution is 2.24. The van der Waals surface area contributed by atoms with Gasteiger partial charge in [0.1, 0.15) is 5.82 Å². The summed E-state index contributed by atoms with van der Waals surface area (Å²) in [5.41, 5.74) is 6.41. The maximum absolute atomic E-state index is 13.1. The fraction of sp³-hybridized carbons (Fsp3) is 0.280. The molecule has 1 amide bonds. The van der Waals surface area contributed by atoms with Gasteiger partial charge >= 0.3 is 0 Å². The van der Waals surface area contributed by atoms with Crippen LogP contribution < -0.4 is 5.43 Å². The number of hydrazone groups is 1. The van der Waals surface area contributed by atoms with Crippen molar-refractivity contribution < 1.29 is 22.3 Å². The molecule has 8 nitrogen and oxygen atoms in total. The molecule has 0 aliphatic carbocycles. The Bertz CT molecular complexity index is 1340. The second-order valence-electron chi connectivity index (χ2n) is 8.27. The van der Waals surface area contributed by atoms with Crippen molar-refractivity contribution in [1.29, 1.82) is 0 Å². The van der Waals surface area contributed by atoms with Gasteiger partial charge in [0.05, 0.1) is 30.7 Å². The van der Waals surface area contributed by atoms with Crippen LogP contribution in [-0.4, -0.2) is 55.7 Å². The second-order valence-corrected chi connectivity index (χ2v) is 10.2. The van der Waals surface area contributed by atoms with Gasteiger partial charge in [-0.15, -0.1) is 0 Å². The number of morpholine rings is 1. The van der Waals surface area contributed by atoms with Crippen LogP contribution in [0.1, 0.15) is 22.5 Å². The zero-order valence-electron chi connectivity index (χ0n) is 19.6. The van der Waals surface area contributed by atoms with Crippen LogP contribution in [0.5, 0.6) is 0 Å². The molecule has 0 radical (unpaired) electrons. The number of sulfonamides is 1. The van der Waals surface area contributed by atoms with E-state index < -0.39 is 10.0 Å². The molecule has 1 aromatic heterocycles. The summed E-state index contributed by atoms with van der Waals surface area (Å²) in [5.74, 6) is -0.672. The van der Waals surface area contributed by atoms with Gasteiger partial charge in [-0.05, 0) is 55.8 Å². The van der Waals surface area contributed by atoms with E-state index in [-0.39, 0.29) is 23.0 Å². The number of aromatic nitrogens is 1. The molecule has 0 bridgehead atoms. The minimum absolute atomic E-state index is 0.0844. The molecule has 1 N–H and O–H groups in total. The minimum Gasteiger partial charge on any atom is -0.379 e. The summed E-state index contributed by atoms with van der Waals surface area (Å²) in [4.78, 5) is 12.4. The SMILES string of the molecule is Cc1cc(/C=N/NC(=O)Cc2ccc(F)cc2)c(C)n1-c1cccc(S(=O)(=O)N2CCOCC2)c1. The maximum Gasteiger partial charge on any atom is 0.244 e. The molecular formula is C25H27FN4O4S. The van der Waals surface area contributed by atoms with Gasteiger partial charge in [-0.25, -0.2) is 18.2 Å². The zero-order chi connectivity index (χ0) is 25.0. The summed E-state index contributed by atoms with van der Waals surface area (Å²) in [6, 6.07) is 14.5. The molecule has 0 spiro atoms. The number of carbonyl (C=O) groups is 1. The van der Waals surface area contributed by atoms with Gasteiger partial charge in [0.25, 0.3) is 0 Å². The molecule has 0 saturated carbocycles. The Morgan fingerprint density at radius 1 is 1.11 bits per heavy atom. The first-order chi connectivity index (χ1) is 16.8. The number of hydrogen-bond donors (Lipinski definition) is 1. The van der Waals surface area contributed by atoms with E-state index in [9.17, 15) is 17.6 Å². The fourth-order valence-electron chi connectivity index (χ4n) is 4.04. The van der Waals surface area contributed by atoms with Gasteiger partial charge in [0.2, 0.25) is 15.9 Å². The molecule has 1 aliphatic rings. The Hall–Kier alpha value is -3.34. The molecule has 4 rings (SSSR count). The van der Waals surface area contributed by atoms with Crippen LogP contribution in [-0.2, 0) is 26.0 Å². The average molecular weight is 499 g/mol. The van der Waals surface area contributed by atoms with Gasteiger partial charge < -0.3 is 9.30 Å². The third-order valence-corrected chi connectivity index (χ3v) is 7.72. The normalized spacial score (nSPS) is 14.9. The Morgan fingerprint density at radius 3 is 2.54 bits per heavy atom. The van der Waals surface area contributed by atoms with Crippen molar-refractivity contribution in [2.45, 2.75) is 25.2 Å². The van der Waals surface area contributed by atoms with Crippen LogP contribution in [0.3, 0.4) is 0 Å². The van der Waals surface area contributed by atoms with Crippen molar-refractivity contribution in [2.75, 3.05) is 26.3 Å². The molecule has 1 saturated heterocycles. The number of nitrogens with zero attached hydrogens (tertiary/aromatic N) is 3. The lowest BCUT2D eigenvalue weighted by Crippen LogP contribution is -2.40. The predicted octanol–water partition coefficient (Wildman–Crippen LogP) is 2.95. The van der Waals surface area contributed by atoms with Crippen molar-refractivity contribution in [3.05, 3.63) is 82.9 Å².